The van der Waals surface area contributed by atoms with Crippen LogP contribution in [0.2, 0.25) is 0 Å². The molecule has 5 N–H and O–H groups in total. The van der Waals surface area contributed by atoms with Crippen LogP contribution >= 0.6 is 0 Å². The lowest BCUT2D eigenvalue weighted by Crippen LogP contribution is -2.47. The molecule has 14 nitrogen and oxygen atoms in total. The number of amides is 3. The summed E-state index contributed by atoms with van der Waals surface area (Å²) in [6, 6.07) is -0.981. The van der Waals surface area contributed by atoms with E-state index < -0.39 is 24.1 Å². The third-order valence-electron chi connectivity index (χ3n) is 3.25. The van der Waals surface area contributed by atoms with Crippen molar-refractivity contribution in [1.82, 2.24) is 16.0 Å². The Balaban J connectivity index is 3.72. The van der Waals surface area contributed by atoms with Gasteiger partial charge in [-0.1, -0.05) is 5.11 Å². The van der Waals surface area contributed by atoms with Crippen molar-refractivity contribution in [3.8, 4) is 0 Å². The molecule has 0 aromatic carbocycles. The van der Waals surface area contributed by atoms with E-state index in [0.717, 1.165) is 0 Å². The number of azide groups is 1. The molecular weight excluding hydrogens is 392 g/mol. The standard InChI is InChI=1S/C15H28N6O8/c16-21-19-5-7-28-9-11-29-10-8-27-6-4-17-13(22)12(20-15(25)26)2-1-3-18-14(23)24/h12,18,20H,1-11H2,(H,17,22)(H,23,24)(H,25,26). The topological polar surface area (TPSA) is 204 Å². The zero-order valence-electron chi connectivity index (χ0n) is 16.0. The van der Waals surface area contributed by atoms with Gasteiger partial charge in [0.15, 0.2) is 0 Å². The van der Waals surface area contributed by atoms with Crippen molar-refractivity contribution >= 4 is 18.1 Å². The molecule has 0 spiro atoms. The number of rotatable bonds is 18. The molecule has 0 aliphatic rings. The summed E-state index contributed by atoms with van der Waals surface area (Å²) < 4.78 is 15.7. The van der Waals surface area contributed by atoms with Crippen LogP contribution in [0.3, 0.4) is 0 Å². The van der Waals surface area contributed by atoms with Crippen molar-refractivity contribution in [3.63, 3.8) is 0 Å². The van der Waals surface area contributed by atoms with Gasteiger partial charge in [-0.2, -0.15) is 0 Å². The van der Waals surface area contributed by atoms with Crippen molar-refractivity contribution in [2.45, 2.75) is 18.9 Å². The number of nitrogens with one attached hydrogen (secondary N) is 3. The van der Waals surface area contributed by atoms with Crippen LogP contribution in [0.1, 0.15) is 12.8 Å². The molecule has 1 unspecified atom stereocenters. The molecule has 0 saturated carbocycles. The first-order valence-corrected chi connectivity index (χ1v) is 8.95. The van der Waals surface area contributed by atoms with Gasteiger partial charge in [-0.15, -0.1) is 0 Å². The highest BCUT2D eigenvalue weighted by atomic mass is 16.5. The van der Waals surface area contributed by atoms with Crippen LogP contribution in [-0.2, 0) is 19.0 Å². The van der Waals surface area contributed by atoms with Crippen LogP contribution in [0.5, 0.6) is 0 Å². The largest absolute Gasteiger partial charge is 0.465 e. The first-order valence-electron chi connectivity index (χ1n) is 8.95. The molecular formula is C15H28N6O8. The van der Waals surface area contributed by atoms with E-state index in [1.807, 2.05) is 0 Å². The summed E-state index contributed by atoms with van der Waals surface area (Å²) in [5.74, 6) is -0.513. The third kappa shape index (κ3) is 18.3. The molecule has 166 valence electrons. The molecule has 0 aromatic heterocycles. The average molecular weight is 420 g/mol. The molecule has 29 heavy (non-hydrogen) atoms. The molecule has 0 aliphatic heterocycles. The van der Waals surface area contributed by atoms with Crippen molar-refractivity contribution in [1.29, 1.82) is 0 Å². The molecule has 0 heterocycles. The molecule has 0 saturated heterocycles. The molecule has 14 heteroatoms. The molecule has 0 rings (SSSR count). The maximum Gasteiger partial charge on any atom is 0.405 e. The van der Waals surface area contributed by atoms with Crippen molar-refractivity contribution < 1.29 is 38.8 Å². The second kappa shape index (κ2) is 18.6. The van der Waals surface area contributed by atoms with Crippen LogP contribution in [0.15, 0.2) is 5.11 Å². The predicted octanol–water partition coefficient (Wildman–Crippen LogP) is 0.147. The Morgan fingerprint density at radius 1 is 0.897 bits per heavy atom. The summed E-state index contributed by atoms with van der Waals surface area (Å²) in [6.07, 6.45) is -2.08. The number of hydrogen-bond acceptors (Lipinski definition) is 7. The van der Waals surface area contributed by atoms with Crippen molar-refractivity contribution in [2.75, 3.05) is 59.3 Å². The van der Waals surface area contributed by atoms with Crippen molar-refractivity contribution in [3.05, 3.63) is 10.4 Å². The minimum atomic E-state index is -1.34. The Morgan fingerprint density at radius 2 is 1.52 bits per heavy atom. The SMILES string of the molecule is [N-]=[N+]=NCCOCCOCCOCCNC(=O)C(CCCNC(=O)O)NC(=O)O. The Kier molecular flexibility index (Phi) is 16.8. The van der Waals surface area contributed by atoms with Crippen LogP contribution in [-0.4, -0.2) is 93.6 Å². The summed E-state index contributed by atoms with van der Waals surface area (Å²) in [5, 5.41) is 27.4. The van der Waals surface area contributed by atoms with E-state index in [4.69, 9.17) is 30.0 Å². The van der Waals surface area contributed by atoms with Gasteiger partial charge in [0.1, 0.15) is 6.04 Å². The average Bonchev–Trinajstić information content (AvgIpc) is 2.67. The molecule has 0 fully saturated rings. The fraction of sp³-hybridized carbons (Fsp3) is 0.800. The van der Waals surface area contributed by atoms with E-state index in [9.17, 15) is 14.4 Å². The Bertz CT molecular complexity index is 529. The van der Waals surface area contributed by atoms with Gasteiger partial charge in [-0.25, -0.2) is 9.59 Å². The first-order chi connectivity index (χ1) is 14.0. The van der Waals surface area contributed by atoms with Gasteiger partial charge in [0.25, 0.3) is 0 Å². The number of carboxylic acid groups (broad SMARTS) is 2. The number of carbonyl (C=O) groups is 3. The maximum absolute atomic E-state index is 12.0. The van der Waals surface area contributed by atoms with E-state index in [-0.39, 0.29) is 32.7 Å². The van der Waals surface area contributed by atoms with Gasteiger partial charge in [-0.3, -0.25) is 4.79 Å². The fourth-order valence-electron chi connectivity index (χ4n) is 1.98. The fourth-order valence-corrected chi connectivity index (χ4v) is 1.98. The lowest BCUT2D eigenvalue weighted by Gasteiger charge is -2.16. The Hall–Kier alpha value is -2.80. The van der Waals surface area contributed by atoms with Crippen LogP contribution in [0.4, 0.5) is 9.59 Å². The second-order valence-corrected chi connectivity index (χ2v) is 5.46. The van der Waals surface area contributed by atoms with Crippen LogP contribution in [0, 0.1) is 0 Å². The Morgan fingerprint density at radius 3 is 2.10 bits per heavy atom. The lowest BCUT2D eigenvalue weighted by molar-refractivity contribution is -0.123. The van der Waals surface area contributed by atoms with Gasteiger partial charge in [0, 0.05) is 24.5 Å². The minimum Gasteiger partial charge on any atom is -0.465 e. The molecule has 0 aromatic rings. The van der Waals surface area contributed by atoms with Crippen LogP contribution < -0.4 is 16.0 Å². The number of carbonyl (C=O) groups excluding carboxylic acids is 1. The predicted molar refractivity (Wildman–Crippen MR) is 99.7 cm³/mol. The zero-order chi connectivity index (χ0) is 21.7. The highest BCUT2D eigenvalue weighted by Crippen LogP contribution is 1.97. The van der Waals surface area contributed by atoms with Crippen LogP contribution in [0.25, 0.3) is 10.4 Å². The number of ether oxygens (including phenoxy) is 3. The van der Waals surface area contributed by atoms with Gasteiger partial charge >= 0.3 is 12.2 Å². The normalized spacial score (nSPS) is 11.2. The summed E-state index contributed by atoms with van der Waals surface area (Å²) in [7, 11) is 0. The highest BCUT2D eigenvalue weighted by molar-refractivity contribution is 5.85. The highest BCUT2D eigenvalue weighted by Gasteiger charge is 2.19. The van der Waals surface area contributed by atoms with Crippen molar-refractivity contribution in [2.24, 2.45) is 5.11 Å². The van der Waals surface area contributed by atoms with Gasteiger partial charge < -0.3 is 40.4 Å². The zero-order valence-corrected chi connectivity index (χ0v) is 16.0. The third-order valence-corrected chi connectivity index (χ3v) is 3.25. The molecule has 0 radical (unpaired) electrons. The van der Waals surface area contributed by atoms with E-state index in [1.54, 1.807) is 0 Å². The molecule has 0 bridgehead atoms. The maximum atomic E-state index is 12.0. The Labute approximate surface area is 167 Å². The number of nitrogens with zero attached hydrogens (tertiary/aromatic N) is 3. The molecule has 1 atom stereocenters. The van der Waals surface area contributed by atoms with Gasteiger partial charge in [0.05, 0.1) is 39.6 Å². The molecule has 0 aliphatic carbocycles. The smallest absolute Gasteiger partial charge is 0.405 e. The summed E-state index contributed by atoms with van der Waals surface area (Å²) in [6.45, 7) is 2.52. The summed E-state index contributed by atoms with van der Waals surface area (Å²) >= 11 is 0. The summed E-state index contributed by atoms with van der Waals surface area (Å²) in [4.78, 5) is 35.7. The van der Waals surface area contributed by atoms with E-state index in [0.29, 0.717) is 39.5 Å². The van der Waals surface area contributed by atoms with Gasteiger partial charge in [0.2, 0.25) is 5.91 Å². The second-order valence-electron chi connectivity index (χ2n) is 5.46. The quantitative estimate of drug-likeness (QED) is 0.0890. The van der Waals surface area contributed by atoms with E-state index >= 15 is 0 Å². The minimum absolute atomic E-state index is 0.113. The monoisotopic (exact) mass is 420 g/mol. The van der Waals surface area contributed by atoms with Gasteiger partial charge in [-0.05, 0) is 18.4 Å². The summed E-state index contributed by atoms with van der Waals surface area (Å²) in [5.41, 5.74) is 8.07. The lowest BCUT2D eigenvalue weighted by atomic mass is 10.1. The number of hydrogen-bond donors (Lipinski definition) is 5. The molecule has 3 amide bonds. The van der Waals surface area contributed by atoms with E-state index in [1.165, 1.54) is 0 Å². The van der Waals surface area contributed by atoms with E-state index in [2.05, 4.69) is 26.0 Å². The first kappa shape index (κ1) is 26.2.